The van der Waals surface area contributed by atoms with E-state index in [2.05, 4.69) is 25.7 Å². The lowest BCUT2D eigenvalue weighted by atomic mass is 10.3. The van der Waals surface area contributed by atoms with Crippen LogP contribution in [0, 0.1) is 6.92 Å². The van der Waals surface area contributed by atoms with Crippen LogP contribution in [0.4, 0.5) is 0 Å². The molecule has 0 unspecified atom stereocenters. The van der Waals surface area contributed by atoms with Gasteiger partial charge < -0.3 is 9.73 Å². The first-order valence-electron chi connectivity index (χ1n) is 7.69. The van der Waals surface area contributed by atoms with E-state index in [-0.39, 0.29) is 5.91 Å². The van der Waals surface area contributed by atoms with Gasteiger partial charge in [-0.3, -0.25) is 14.2 Å². The number of aryl methyl sites for hydroxylation is 3. The van der Waals surface area contributed by atoms with Crippen molar-refractivity contribution in [3.63, 3.8) is 0 Å². The summed E-state index contributed by atoms with van der Waals surface area (Å²) in [5.41, 5.74) is 1.64. The standard InChI is InChI=1S/C15H19N7O2/c1-11-10-12(21(2)20-11)15-19-18-14(24-15)5-4-13(23)16-7-9-22-8-3-6-17-22/h3,6,8,10H,4-5,7,9H2,1-2H3,(H,16,23). The van der Waals surface area contributed by atoms with Crippen molar-refractivity contribution in [2.45, 2.75) is 26.3 Å². The normalized spacial score (nSPS) is 10.9. The third-order valence-electron chi connectivity index (χ3n) is 3.48. The number of carbonyl (C=O) groups excluding carboxylic acids is 1. The van der Waals surface area contributed by atoms with Crippen LogP contribution in [0.15, 0.2) is 28.9 Å². The zero-order valence-electron chi connectivity index (χ0n) is 13.6. The summed E-state index contributed by atoms with van der Waals surface area (Å²) in [6.07, 6.45) is 4.26. The van der Waals surface area contributed by atoms with Gasteiger partial charge in [-0.15, -0.1) is 10.2 Å². The van der Waals surface area contributed by atoms with Gasteiger partial charge in [-0.2, -0.15) is 10.2 Å². The molecule has 9 heteroatoms. The van der Waals surface area contributed by atoms with Gasteiger partial charge >= 0.3 is 0 Å². The first-order valence-corrected chi connectivity index (χ1v) is 7.69. The Bertz CT molecular complexity index is 804. The number of nitrogens with zero attached hydrogens (tertiary/aromatic N) is 6. The fraction of sp³-hybridized carbons (Fsp3) is 0.400. The second-order valence-corrected chi connectivity index (χ2v) is 5.41. The molecule has 9 nitrogen and oxygen atoms in total. The molecule has 0 spiro atoms. The summed E-state index contributed by atoms with van der Waals surface area (Å²) in [6, 6.07) is 3.72. The van der Waals surface area contributed by atoms with Gasteiger partial charge in [0.2, 0.25) is 11.8 Å². The highest BCUT2D eigenvalue weighted by Gasteiger charge is 2.14. The number of nitrogens with one attached hydrogen (secondary N) is 1. The van der Waals surface area contributed by atoms with Gasteiger partial charge in [0.25, 0.3) is 5.89 Å². The quantitative estimate of drug-likeness (QED) is 0.685. The Morgan fingerprint density at radius 1 is 1.38 bits per heavy atom. The SMILES string of the molecule is Cc1cc(-c2nnc(CCC(=O)NCCn3cccn3)o2)n(C)n1. The first kappa shape index (κ1) is 15.9. The molecule has 0 aromatic carbocycles. The molecule has 3 aromatic rings. The molecule has 3 heterocycles. The third kappa shape index (κ3) is 3.86. The maximum Gasteiger partial charge on any atom is 0.265 e. The van der Waals surface area contributed by atoms with Gasteiger partial charge in [-0.1, -0.05) is 0 Å². The van der Waals surface area contributed by atoms with E-state index >= 15 is 0 Å². The van der Waals surface area contributed by atoms with Gasteiger partial charge in [0.05, 0.1) is 12.2 Å². The molecule has 0 aliphatic heterocycles. The predicted molar refractivity (Wildman–Crippen MR) is 84.8 cm³/mol. The molecule has 3 rings (SSSR count). The summed E-state index contributed by atoms with van der Waals surface area (Å²) < 4.78 is 9.05. The van der Waals surface area contributed by atoms with Gasteiger partial charge in [0, 0.05) is 38.8 Å². The van der Waals surface area contributed by atoms with E-state index in [1.165, 1.54) is 0 Å². The summed E-state index contributed by atoms with van der Waals surface area (Å²) in [7, 11) is 1.82. The molecule has 3 aromatic heterocycles. The van der Waals surface area contributed by atoms with E-state index in [9.17, 15) is 4.79 Å². The Morgan fingerprint density at radius 3 is 2.96 bits per heavy atom. The smallest absolute Gasteiger partial charge is 0.265 e. The average Bonchev–Trinajstić information content (AvgIpc) is 3.27. The van der Waals surface area contributed by atoms with Crippen LogP contribution < -0.4 is 5.32 Å². The van der Waals surface area contributed by atoms with Crippen LogP contribution >= 0.6 is 0 Å². The van der Waals surface area contributed by atoms with Crippen molar-refractivity contribution in [2.75, 3.05) is 6.54 Å². The minimum Gasteiger partial charge on any atom is -0.419 e. The van der Waals surface area contributed by atoms with E-state index in [1.54, 1.807) is 15.6 Å². The summed E-state index contributed by atoms with van der Waals surface area (Å²) in [4.78, 5) is 11.8. The van der Waals surface area contributed by atoms with Crippen LogP contribution in [0.5, 0.6) is 0 Å². The van der Waals surface area contributed by atoms with Crippen LogP contribution in [-0.4, -0.2) is 42.2 Å². The lowest BCUT2D eigenvalue weighted by Crippen LogP contribution is -2.27. The Morgan fingerprint density at radius 2 is 2.25 bits per heavy atom. The Balaban J connectivity index is 1.46. The Labute approximate surface area is 138 Å². The fourth-order valence-corrected chi connectivity index (χ4v) is 2.32. The molecule has 24 heavy (non-hydrogen) atoms. The molecular weight excluding hydrogens is 310 g/mol. The molecule has 0 fully saturated rings. The largest absolute Gasteiger partial charge is 0.419 e. The van der Waals surface area contributed by atoms with E-state index in [1.807, 2.05) is 32.3 Å². The molecule has 126 valence electrons. The van der Waals surface area contributed by atoms with Crippen LogP contribution in [0.1, 0.15) is 18.0 Å². The lowest BCUT2D eigenvalue weighted by molar-refractivity contribution is -0.121. The maximum atomic E-state index is 11.8. The third-order valence-corrected chi connectivity index (χ3v) is 3.48. The molecule has 1 amide bonds. The van der Waals surface area contributed by atoms with Crippen LogP contribution in [0.3, 0.4) is 0 Å². The van der Waals surface area contributed by atoms with E-state index < -0.39 is 0 Å². The number of aromatic nitrogens is 6. The maximum absolute atomic E-state index is 11.8. The molecular formula is C15H19N7O2. The number of rotatable bonds is 7. The molecule has 1 N–H and O–H groups in total. The average molecular weight is 329 g/mol. The van der Waals surface area contributed by atoms with Crippen molar-refractivity contribution in [1.82, 2.24) is 35.1 Å². The molecule has 0 atom stereocenters. The fourth-order valence-electron chi connectivity index (χ4n) is 2.32. The zero-order valence-corrected chi connectivity index (χ0v) is 13.6. The monoisotopic (exact) mass is 329 g/mol. The summed E-state index contributed by atoms with van der Waals surface area (Å²) in [5.74, 6) is 0.788. The van der Waals surface area contributed by atoms with E-state index in [0.29, 0.717) is 37.7 Å². The predicted octanol–water partition coefficient (Wildman–Crippen LogP) is 0.724. The van der Waals surface area contributed by atoms with Crippen molar-refractivity contribution in [1.29, 1.82) is 0 Å². The number of hydrogen-bond donors (Lipinski definition) is 1. The molecule has 0 saturated heterocycles. The minimum absolute atomic E-state index is 0.0571. The molecule has 0 aliphatic carbocycles. The van der Waals surface area contributed by atoms with Crippen LogP contribution in [-0.2, 0) is 24.8 Å². The molecule has 0 aliphatic rings. The summed E-state index contributed by atoms with van der Waals surface area (Å²) in [5, 5.41) is 19.2. The second kappa shape index (κ2) is 7.07. The molecule has 0 bridgehead atoms. The lowest BCUT2D eigenvalue weighted by Gasteiger charge is -2.04. The van der Waals surface area contributed by atoms with Gasteiger partial charge in [-0.05, 0) is 19.1 Å². The van der Waals surface area contributed by atoms with Crippen molar-refractivity contribution >= 4 is 5.91 Å². The Kier molecular flexibility index (Phi) is 4.69. The van der Waals surface area contributed by atoms with E-state index in [4.69, 9.17) is 4.42 Å². The first-order chi connectivity index (χ1) is 11.6. The molecule has 0 radical (unpaired) electrons. The highest BCUT2D eigenvalue weighted by molar-refractivity contribution is 5.75. The van der Waals surface area contributed by atoms with Gasteiger partial charge in [-0.25, -0.2) is 0 Å². The van der Waals surface area contributed by atoms with Crippen molar-refractivity contribution in [3.8, 4) is 11.6 Å². The topological polar surface area (TPSA) is 104 Å². The van der Waals surface area contributed by atoms with Gasteiger partial charge in [0.15, 0.2) is 0 Å². The summed E-state index contributed by atoms with van der Waals surface area (Å²) in [6.45, 7) is 3.07. The van der Waals surface area contributed by atoms with Crippen molar-refractivity contribution in [3.05, 3.63) is 36.1 Å². The van der Waals surface area contributed by atoms with Gasteiger partial charge in [0.1, 0.15) is 5.69 Å². The highest BCUT2D eigenvalue weighted by Crippen LogP contribution is 2.18. The minimum atomic E-state index is -0.0571. The van der Waals surface area contributed by atoms with Crippen molar-refractivity contribution in [2.24, 2.45) is 7.05 Å². The van der Waals surface area contributed by atoms with Crippen LogP contribution in [0.2, 0.25) is 0 Å². The van der Waals surface area contributed by atoms with Crippen molar-refractivity contribution < 1.29 is 9.21 Å². The van der Waals surface area contributed by atoms with E-state index in [0.717, 1.165) is 11.4 Å². The number of hydrogen-bond acceptors (Lipinski definition) is 6. The molecule has 0 saturated carbocycles. The summed E-state index contributed by atoms with van der Waals surface area (Å²) >= 11 is 0. The number of amides is 1. The number of carbonyl (C=O) groups is 1. The highest BCUT2D eigenvalue weighted by atomic mass is 16.4. The second-order valence-electron chi connectivity index (χ2n) is 5.41. The Hall–Kier alpha value is -2.97. The zero-order chi connectivity index (χ0) is 16.9. The van der Waals surface area contributed by atoms with Crippen LogP contribution in [0.25, 0.3) is 11.6 Å².